The molecule has 1 heterocycles. The highest BCUT2D eigenvalue weighted by Gasteiger charge is 2.34. The van der Waals surface area contributed by atoms with E-state index in [4.69, 9.17) is 5.26 Å². The van der Waals surface area contributed by atoms with Gasteiger partial charge >= 0.3 is 0 Å². The Morgan fingerprint density at radius 2 is 2.08 bits per heavy atom. The van der Waals surface area contributed by atoms with Gasteiger partial charge in [-0.3, -0.25) is 4.79 Å². The Balaban J connectivity index is 2.22. The summed E-state index contributed by atoms with van der Waals surface area (Å²) in [7, 11) is -3.69. The lowest BCUT2D eigenvalue weighted by Gasteiger charge is -2.33. The Morgan fingerprint density at radius 1 is 1.38 bits per heavy atom. The van der Waals surface area contributed by atoms with Gasteiger partial charge in [0.1, 0.15) is 0 Å². The lowest BCUT2D eigenvalue weighted by atomic mass is 9.98. The Morgan fingerprint density at radius 3 is 2.71 bits per heavy atom. The fourth-order valence-electron chi connectivity index (χ4n) is 3.03. The molecule has 1 aliphatic rings. The van der Waals surface area contributed by atoms with Gasteiger partial charge < -0.3 is 4.90 Å². The maximum absolute atomic E-state index is 12.8. The molecule has 24 heavy (non-hydrogen) atoms. The number of hydrogen-bond donors (Lipinski definition) is 0. The van der Waals surface area contributed by atoms with Crippen LogP contribution in [-0.4, -0.2) is 49.7 Å². The van der Waals surface area contributed by atoms with Gasteiger partial charge in [-0.25, -0.2) is 8.42 Å². The summed E-state index contributed by atoms with van der Waals surface area (Å²) >= 11 is 0. The first kappa shape index (κ1) is 18.4. The van der Waals surface area contributed by atoms with Crippen molar-refractivity contribution in [3.63, 3.8) is 0 Å². The largest absolute Gasteiger partial charge is 0.343 e. The van der Waals surface area contributed by atoms with Crippen molar-refractivity contribution in [3.05, 3.63) is 29.8 Å². The molecule has 0 aromatic heterocycles. The molecular weight excluding hydrogens is 326 g/mol. The molecule has 0 bridgehead atoms. The Hall–Kier alpha value is -1.91. The molecular formula is C17H23N3O3S. The van der Waals surface area contributed by atoms with E-state index in [1.54, 1.807) is 17.0 Å². The molecule has 1 unspecified atom stereocenters. The number of carbonyl (C=O) groups excluding carboxylic acids is 1. The third kappa shape index (κ3) is 3.77. The molecule has 0 aliphatic carbocycles. The summed E-state index contributed by atoms with van der Waals surface area (Å²) in [4.78, 5) is 14.4. The first-order valence-electron chi connectivity index (χ1n) is 8.23. The van der Waals surface area contributed by atoms with Gasteiger partial charge in [-0.05, 0) is 44.9 Å². The molecule has 0 radical (unpaired) electrons. The van der Waals surface area contributed by atoms with Crippen molar-refractivity contribution in [2.24, 2.45) is 5.92 Å². The molecule has 1 fully saturated rings. The lowest BCUT2D eigenvalue weighted by molar-refractivity contribution is -0.136. The van der Waals surface area contributed by atoms with Crippen molar-refractivity contribution in [2.45, 2.75) is 31.6 Å². The predicted molar refractivity (Wildman–Crippen MR) is 90.6 cm³/mol. The summed E-state index contributed by atoms with van der Waals surface area (Å²) in [6, 6.07) is 7.96. The number of carbonyl (C=O) groups is 1. The van der Waals surface area contributed by atoms with Crippen molar-refractivity contribution in [1.29, 1.82) is 5.26 Å². The average Bonchev–Trinajstić information content (AvgIpc) is 2.62. The number of nitrogens with zero attached hydrogens (tertiary/aromatic N) is 3. The van der Waals surface area contributed by atoms with Crippen LogP contribution in [0.4, 0.5) is 0 Å². The van der Waals surface area contributed by atoms with E-state index in [1.165, 1.54) is 16.4 Å². The second-order valence-electron chi connectivity index (χ2n) is 5.85. The molecule has 1 amide bonds. The average molecular weight is 349 g/mol. The van der Waals surface area contributed by atoms with Crippen molar-refractivity contribution in [3.8, 4) is 6.07 Å². The molecule has 1 aromatic rings. The Labute approximate surface area is 143 Å². The second-order valence-corrected chi connectivity index (χ2v) is 7.79. The molecule has 2 rings (SSSR count). The molecule has 1 atom stereocenters. The maximum atomic E-state index is 12.8. The monoisotopic (exact) mass is 349 g/mol. The zero-order valence-corrected chi connectivity index (χ0v) is 14.9. The molecule has 1 aromatic carbocycles. The Kier molecular flexibility index (Phi) is 5.97. The van der Waals surface area contributed by atoms with Crippen LogP contribution in [-0.2, 0) is 14.8 Å². The van der Waals surface area contributed by atoms with Crippen LogP contribution in [0.1, 0.15) is 32.3 Å². The van der Waals surface area contributed by atoms with E-state index >= 15 is 0 Å². The van der Waals surface area contributed by atoms with Crippen LogP contribution in [0, 0.1) is 17.2 Å². The van der Waals surface area contributed by atoms with Crippen molar-refractivity contribution >= 4 is 15.9 Å². The summed E-state index contributed by atoms with van der Waals surface area (Å²) < 4.78 is 27.0. The van der Waals surface area contributed by atoms with Crippen LogP contribution in [0.15, 0.2) is 29.2 Å². The van der Waals surface area contributed by atoms with Crippen LogP contribution in [0.2, 0.25) is 0 Å². The first-order chi connectivity index (χ1) is 11.4. The summed E-state index contributed by atoms with van der Waals surface area (Å²) in [5.74, 6) is -0.279. The number of rotatable bonds is 5. The highest BCUT2D eigenvalue weighted by Crippen LogP contribution is 2.25. The molecule has 130 valence electrons. The second kappa shape index (κ2) is 7.77. The fraction of sp³-hybridized carbons (Fsp3) is 0.529. The van der Waals surface area contributed by atoms with Gasteiger partial charge in [0.25, 0.3) is 0 Å². The van der Waals surface area contributed by atoms with Gasteiger partial charge in [-0.15, -0.1) is 0 Å². The van der Waals surface area contributed by atoms with Crippen molar-refractivity contribution in [1.82, 2.24) is 9.21 Å². The molecule has 0 N–H and O–H groups in total. The number of sulfonamides is 1. The topological polar surface area (TPSA) is 81.5 Å². The summed E-state index contributed by atoms with van der Waals surface area (Å²) in [5.41, 5.74) is 0.309. The highest BCUT2D eigenvalue weighted by atomic mass is 32.2. The van der Waals surface area contributed by atoms with Crippen LogP contribution >= 0.6 is 0 Å². The van der Waals surface area contributed by atoms with E-state index in [-0.39, 0.29) is 23.3 Å². The predicted octanol–water partition coefficient (Wildman–Crippen LogP) is 1.83. The molecule has 6 nitrogen and oxygen atoms in total. The van der Waals surface area contributed by atoms with Crippen LogP contribution in [0.3, 0.4) is 0 Å². The number of piperidine rings is 1. The minimum Gasteiger partial charge on any atom is -0.343 e. The zero-order chi connectivity index (χ0) is 17.7. The Bertz CT molecular complexity index is 736. The molecule has 1 aliphatic heterocycles. The van der Waals surface area contributed by atoms with Crippen LogP contribution in [0.25, 0.3) is 0 Å². The van der Waals surface area contributed by atoms with Gasteiger partial charge in [0.2, 0.25) is 15.9 Å². The van der Waals surface area contributed by atoms with E-state index in [0.29, 0.717) is 38.0 Å². The minimum atomic E-state index is -3.69. The third-order valence-electron chi connectivity index (χ3n) is 4.41. The van der Waals surface area contributed by atoms with E-state index in [2.05, 4.69) is 0 Å². The standard InChI is InChI=1S/C17H23N3O3S/c1-3-19(4-2)17(21)15-8-6-10-20(13-15)24(22,23)16-9-5-7-14(11-16)12-18/h5,7,9,11,15H,3-4,6,8,10,13H2,1-2H3. The molecule has 7 heteroatoms. The quantitative estimate of drug-likeness (QED) is 0.812. The maximum Gasteiger partial charge on any atom is 0.243 e. The smallest absolute Gasteiger partial charge is 0.243 e. The third-order valence-corrected chi connectivity index (χ3v) is 6.27. The van der Waals surface area contributed by atoms with Gasteiger partial charge in [0.15, 0.2) is 0 Å². The summed E-state index contributed by atoms with van der Waals surface area (Å²) in [5, 5.41) is 8.96. The summed E-state index contributed by atoms with van der Waals surface area (Å²) in [6.07, 6.45) is 1.37. The number of amides is 1. The van der Waals surface area contributed by atoms with Crippen molar-refractivity contribution in [2.75, 3.05) is 26.2 Å². The molecule has 1 saturated heterocycles. The van der Waals surface area contributed by atoms with Gasteiger partial charge in [0.05, 0.1) is 22.4 Å². The SMILES string of the molecule is CCN(CC)C(=O)C1CCCN(S(=O)(=O)c2cccc(C#N)c2)C1. The minimum absolute atomic E-state index is 0.0191. The van der Waals surface area contributed by atoms with E-state index in [9.17, 15) is 13.2 Å². The van der Waals surface area contributed by atoms with Crippen LogP contribution < -0.4 is 0 Å². The molecule has 0 spiro atoms. The number of benzene rings is 1. The number of nitriles is 1. The zero-order valence-electron chi connectivity index (χ0n) is 14.1. The number of hydrogen-bond acceptors (Lipinski definition) is 4. The summed E-state index contributed by atoms with van der Waals surface area (Å²) in [6.45, 7) is 5.71. The van der Waals surface area contributed by atoms with Crippen LogP contribution in [0.5, 0.6) is 0 Å². The first-order valence-corrected chi connectivity index (χ1v) is 9.67. The van der Waals surface area contributed by atoms with Gasteiger partial charge in [-0.1, -0.05) is 6.07 Å². The normalized spacial score (nSPS) is 18.8. The van der Waals surface area contributed by atoms with Gasteiger partial charge in [-0.2, -0.15) is 9.57 Å². The highest BCUT2D eigenvalue weighted by molar-refractivity contribution is 7.89. The fourth-order valence-corrected chi connectivity index (χ4v) is 4.60. The molecule has 0 saturated carbocycles. The van der Waals surface area contributed by atoms with Crippen molar-refractivity contribution < 1.29 is 13.2 Å². The van der Waals surface area contributed by atoms with Gasteiger partial charge in [0, 0.05) is 26.2 Å². The lowest BCUT2D eigenvalue weighted by Crippen LogP contribution is -2.46. The van der Waals surface area contributed by atoms with E-state index in [0.717, 1.165) is 0 Å². The van der Waals surface area contributed by atoms with E-state index in [1.807, 2.05) is 19.9 Å². The van der Waals surface area contributed by atoms with E-state index < -0.39 is 10.0 Å².